The number of carbonyl (C=O) groups excluding carboxylic acids is 1. The Morgan fingerprint density at radius 2 is 1.60 bits per heavy atom. The molecule has 0 N–H and O–H groups in total. The molecule has 2 aliphatic rings. The Kier molecular flexibility index (Phi) is 6.57. The molecule has 2 fully saturated rings. The van der Waals surface area contributed by atoms with Gasteiger partial charge in [0.05, 0.1) is 12.2 Å². The monoisotopic (exact) mass is 366 g/mol. The van der Waals surface area contributed by atoms with E-state index in [1.807, 2.05) is 4.90 Å². The second-order valence-corrected chi connectivity index (χ2v) is 7.40. The summed E-state index contributed by atoms with van der Waals surface area (Å²) in [6, 6.07) is 7.06. The maximum Gasteiger partial charge on any atom is 0.260 e. The summed E-state index contributed by atoms with van der Waals surface area (Å²) < 4.78 is 11.8. The minimum absolute atomic E-state index is 0.0349. The summed E-state index contributed by atoms with van der Waals surface area (Å²) in [5.41, 5.74) is 0. The van der Waals surface area contributed by atoms with Crippen molar-refractivity contribution >= 4 is 17.5 Å². The van der Waals surface area contributed by atoms with E-state index in [2.05, 4.69) is 11.9 Å². The first-order valence-corrected chi connectivity index (χ1v) is 9.48. The molecule has 0 radical (unpaired) electrons. The van der Waals surface area contributed by atoms with Crippen molar-refractivity contribution in [1.82, 2.24) is 9.80 Å². The average molecular weight is 367 g/mol. The normalized spacial score (nSPS) is 20.6. The molecule has 2 heterocycles. The lowest BCUT2D eigenvalue weighted by Gasteiger charge is -2.36. The quantitative estimate of drug-likeness (QED) is 0.803. The third-order valence-electron chi connectivity index (χ3n) is 5.02. The zero-order chi connectivity index (χ0) is 17.6. The average Bonchev–Trinajstić information content (AvgIpc) is 2.63. The molecular weight excluding hydrogens is 340 g/mol. The van der Waals surface area contributed by atoms with Crippen molar-refractivity contribution in [3.8, 4) is 5.75 Å². The van der Waals surface area contributed by atoms with Crippen molar-refractivity contribution in [3.63, 3.8) is 0 Å². The van der Waals surface area contributed by atoms with Crippen molar-refractivity contribution in [1.29, 1.82) is 0 Å². The van der Waals surface area contributed by atoms with Gasteiger partial charge in [0.1, 0.15) is 5.75 Å². The highest BCUT2D eigenvalue weighted by molar-refractivity contribution is 6.30. The number of hydrogen-bond acceptors (Lipinski definition) is 4. The van der Waals surface area contributed by atoms with Gasteiger partial charge < -0.3 is 19.3 Å². The molecular formula is C19H27ClN2O3. The van der Waals surface area contributed by atoms with Crippen LogP contribution in [0.15, 0.2) is 24.3 Å². The summed E-state index contributed by atoms with van der Waals surface area (Å²) in [5.74, 6) is 0.700. The maximum atomic E-state index is 12.3. The van der Waals surface area contributed by atoms with Crippen LogP contribution in [0.25, 0.3) is 0 Å². The van der Waals surface area contributed by atoms with Crippen LogP contribution in [0.4, 0.5) is 0 Å². The lowest BCUT2D eigenvalue weighted by molar-refractivity contribution is -0.137. The molecule has 0 aromatic heterocycles. The molecule has 0 unspecified atom stereocenters. The van der Waals surface area contributed by atoms with E-state index in [0.717, 1.165) is 51.9 Å². The van der Waals surface area contributed by atoms with Crippen molar-refractivity contribution < 1.29 is 14.3 Å². The number of amides is 1. The zero-order valence-corrected chi connectivity index (χ0v) is 15.6. The van der Waals surface area contributed by atoms with E-state index in [0.29, 0.717) is 16.9 Å². The fraction of sp³-hybridized carbons (Fsp3) is 0.632. The number of rotatable bonds is 5. The van der Waals surface area contributed by atoms with Crippen molar-refractivity contribution in [2.75, 3.05) is 39.8 Å². The van der Waals surface area contributed by atoms with Crippen LogP contribution in [0.1, 0.15) is 25.7 Å². The molecule has 0 atom stereocenters. The zero-order valence-electron chi connectivity index (χ0n) is 14.8. The lowest BCUT2D eigenvalue weighted by atomic mass is 10.0. The van der Waals surface area contributed by atoms with Gasteiger partial charge in [-0.25, -0.2) is 0 Å². The van der Waals surface area contributed by atoms with E-state index in [9.17, 15) is 4.79 Å². The largest absolute Gasteiger partial charge is 0.484 e. The number of benzene rings is 1. The van der Waals surface area contributed by atoms with E-state index in [4.69, 9.17) is 21.1 Å². The molecule has 2 aliphatic heterocycles. The van der Waals surface area contributed by atoms with E-state index >= 15 is 0 Å². The Morgan fingerprint density at radius 1 is 1.04 bits per heavy atom. The molecule has 3 rings (SSSR count). The number of carbonyl (C=O) groups is 1. The first kappa shape index (κ1) is 18.5. The third-order valence-corrected chi connectivity index (χ3v) is 5.27. The maximum absolute atomic E-state index is 12.3. The minimum Gasteiger partial charge on any atom is -0.484 e. The van der Waals surface area contributed by atoms with Crippen LogP contribution in [0.3, 0.4) is 0 Å². The summed E-state index contributed by atoms with van der Waals surface area (Å²) in [7, 11) is 2.16. The third kappa shape index (κ3) is 5.59. The molecule has 1 aromatic carbocycles. The number of hydrogen-bond donors (Lipinski definition) is 0. The van der Waals surface area contributed by atoms with E-state index in [1.165, 1.54) is 0 Å². The molecule has 0 aliphatic carbocycles. The first-order chi connectivity index (χ1) is 12.1. The van der Waals surface area contributed by atoms with Gasteiger partial charge in [-0.15, -0.1) is 0 Å². The topological polar surface area (TPSA) is 42.0 Å². The van der Waals surface area contributed by atoms with Crippen LogP contribution in [0.5, 0.6) is 5.75 Å². The number of ether oxygens (including phenoxy) is 2. The Labute approximate surface area is 154 Å². The number of likely N-dealkylation sites (tertiary alicyclic amines) is 2. The van der Waals surface area contributed by atoms with Gasteiger partial charge in [-0.2, -0.15) is 0 Å². The van der Waals surface area contributed by atoms with E-state index in [1.54, 1.807) is 24.3 Å². The van der Waals surface area contributed by atoms with Crippen LogP contribution in [-0.2, 0) is 9.53 Å². The van der Waals surface area contributed by atoms with Crippen molar-refractivity contribution in [3.05, 3.63) is 29.3 Å². The lowest BCUT2D eigenvalue weighted by Crippen LogP contribution is -2.44. The minimum atomic E-state index is 0.0349. The molecule has 138 valence electrons. The summed E-state index contributed by atoms with van der Waals surface area (Å²) >= 11 is 5.84. The van der Waals surface area contributed by atoms with Crippen LogP contribution < -0.4 is 4.74 Å². The highest BCUT2D eigenvalue weighted by Gasteiger charge is 2.27. The van der Waals surface area contributed by atoms with E-state index in [-0.39, 0.29) is 18.6 Å². The molecule has 5 nitrogen and oxygen atoms in total. The SMILES string of the molecule is CN1CCC(OC2CCN(C(=O)COc3ccc(Cl)cc3)CC2)CC1. The molecule has 6 heteroatoms. The summed E-state index contributed by atoms with van der Waals surface area (Å²) in [6.45, 7) is 3.80. The summed E-state index contributed by atoms with van der Waals surface area (Å²) in [4.78, 5) is 16.5. The van der Waals surface area contributed by atoms with Gasteiger partial charge in [0, 0.05) is 31.2 Å². The highest BCUT2D eigenvalue weighted by atomic mass is 35.5. The first-order valence-electron chi connectivity index (χ1n) is 9.10. The number of halogens is 1. The molecule has 0 spiro atoms. The Morgan fingerprint density at radius 3 is 2.20 bits per heavy atom. The predicted molar refractivity (Wildman–Crippen MR) is 98.2 cm³/mol. The number of piperidine rings is 2. The standard InChI is InChI=1S/C19H27ClN2O3/c1-21-10-6-17(7-11-21)25-18-8-12-22(13-9-18)19(23)14-24-16-4-2-15(20)3-5-16/h2-5,17-18H,6-14H2,1H3. The molecule has 0 saturated carbocycles. The Hall–Kier alpha value is -1.30. The molecule has 1 amide bonds. The van der Waals surface area contributed by atoms with Crippen LogP contribution in [-0.4, -0.2) is 67.7 Å². The summed E-state index contributed by atoms with van der Waals surface area (Å²) in [5, 5.41) is 0.658. The molecule has 2 saturated heterocycles. The van der Waals surface area contributed by atoms with Crippen LogP contribution in [0.2, 0.25) is 5.02 Å². The van der Waals surface area contributed by atoms with Crippen molar-refractivity contribution in [2.45, 2.75) is 37.9 Å². The second kappa shape index (κ2) is 8.88. The van der Waals surface area contributed by atoms with Gasteiger partial charge in [-0.3, -0.25) is 4.79 Å². The molecule has 25 heavy (non-hydrogen) atoms. The van der Waals surface area contributed by atoms with E-state index < -0.39 is 0 Å². The van der Waals surface area contributed by atoms with Crippen LogP contribution in [0, 0.1) is 0 Å². The molecule has 1 aromatic rings. The Bertz CT molecular complexity index is 550. The van der Waals surface area contributed by atoms with Gasteiger partial charge in [0.25, 0.3) is 5.91 Å². The Balaban J connectivity index is 1.36. The van der Waals surface area contributed by atoms with Crippen LogP contribution >= 0.6 is 11.6 Å². The van der Waals surface area contributed by atoms with Gasteiger partial charge in [0.15, 0.2) is 6.61 Å². The smallest absolute Gasteiger partial charge is 0.260 e. The van der Waals surface area contributed by atoms with Gasteiger partial charge in [-0.1, -0.05) is 11.6 Å². The second-order valence-electron chi connectivity index (χ2n) is 6.96. The fourth-order valence-corrected chi connectivity index (χ4v) is 3.53. The van der Waals surface area contributed by atoms with Gasteiger partial charge >= 0.3 is 0 Å². The van der Waals surface area contributed by atoms with Gasteiger partial charge in [-0.05, 0) is 57.0 Å². The van der Waals surface area contributed by atoms with Crippen molar-refractivity contribution in [2.24, 2.45) is 0 Å². The fourth-order valence-electron chi connectivity index (χ4n) is 3.40. The molecule has 0 bridgehead atoms. The van der Waals surface area contributed by atoms with Gasteiger partial charge in [0.2, 0.25) is 0 Å². The highest BCUT2D eigenvalue weighted by Crippen LogP contribution is 2.21. The number of nitrogens with zero attached hydrogens (tertiary/aromatic N) is 2. The predicted octanol–water partition coefficient (Wildman–Crippen LogP) is 2.82. The summed E-state index contributed by atoms with van der Waals surface area (Å²) in [6.07, 6.45) is 4.74.